The zero-order chi connectivity index (χ0) is 24.5. The second kappa shape index (κ2) is 9.77. The number of alkyl halides is 1. The number of carbonyl (C=O) groups is 1. The Morgan fingerprint density at radius 1 is 1.32 bits per heavy atom. The first kappa shape index (κ1) is 24.3. The van der Waals surface area contributed by atoms with E-state index in [1.165, 1.54) is 6.92 Å². The molecule has 1 unspecified atom stereocenters. The minimum Gasteiger partial charge on any atom is -0.381 e. The van der Waals surface area contributed by atoms with Crippen LogP contribution in [0.4, 0.5) is 4.39 Å². The molecule has 0 radical (unpaired) electrons. The van der Waals surface area contributed by atoms with Gasteiger partial charge in [-0.2, -0.15) is 5.26 Å². The Kier molecular flexibility index (Phi) is 6.97. The Labute approximate surface area is 205 Å². The summed E-state index contributed by atoms with van der Waals surface area (Å²) in [6.07, 6.45) is 1.12. The van der Waals surface area contributed by atoms with Gasteiger partial charge in [-0.05, 0) is 55.0 Å². The maximum atomic E-state index is 13.7. The first-order chi connectivity index (χ1) is 16.2. The Morgan fingerprint density at radius 2 is 2.06 bits per heavy atom. The van der Waals surface area contributed by atoms with Crippen LogP contribution in [0.25, 0.3) is 0 Å². The van der Waals surface area contributed by atoms with E-state index in [0.29, 0.717) is 41.6 Å². The number of nitriles is 1. The molecule has 2 saturated heterocycles. The van der Waals surface area contributed by atoms with Crippen LogP contribution in [0.2, 0.25) is 5.02 Å². The summed E-state index contributed by atoms with van der Waals surface area (Å²) in [5.41, 5.74) is 2.62. The number of amides is 1. The van der Waals surface area contributed by atoms with Gasteiger partial charge in [0.05, 0.1) is 23.6 Å². The maximum absolute atomic E-state index is 13.7. The van der Waals surface area contributed by atoms with Gasteiger partial charge in [0.15, 0.2) is 0 Å². The highest BCUT2D eigenvalue weighted by molar-refractivity contribution is 6.32. The van der Waals surface area contributed by atoms with Crippen LogP contribution in [-0.2, 0) is 21.5 Å². The van der Waals surface area contributed by atoms with Crippen LogP contribution in [-0.4, -0.2) is 30.1 Å². The molecule has 0 spiro atoms. The molecule has 2 heterocycles. The number of benzene rings is 2. The van der Waals surface area contributed by atoms with Crippen molar-refractivity contribution in [3.63, 3.8) is 0 Å². The molecule has 0 aromatic heterocycles. The van der Waals surface area contributed by atoms with Gasteiger partial charge in [0.25, 0.3) is 0 Å². The SMILES string of the molecule is C=C1N[C@](C)(c2cccc(Cc3ccc(C(C)F)cc3C#N)c2Cl)CC(=O)N1C1CCOCC1. The summed E-state index contributed by atoms with van der Waals surface area (Å²) in [6.45, 7) is 8.84. The summed E-state index contributed by atoms with van der Waals surface area (Å²) in [6, 6.07) is 13.1. The van der Waals surface area contributed by atoms with Gasteiger partial charge in [-0.15, -0.1) is 0 Å². The van der Waals surface area contributed by atoms with E-state index in [2.05, 4.69) is 18.0 Å². The fourth-order valence-electron chi connectivity index (χ4n) is 4.94. The summed E-state index contributed by atoms with van der Waals surface area (Å²) in [4.78, 5) is 15.0. The second-order valence-corrected chi connectivity index (χ2v) is 9.67. The van der Waals surface area contributed by atoms with Crippen LogP contribution in [0, 0.1) is 11.3 Å². The fourth-order valence-corrected chi connectivity index (χ4v) is 5.34. The number of ether oxygens (including phenoxy) is 1. The molecule has 0 bridgehead atoms. The molecule has 2 aromatic rings. The minimum atomic E-state index is -1.14. The van der Waals surface area contributed by atoms with Crippen LogP contribution >= 0.6 is 11.6 Å². The third-order valence-corrected chi connectivity index (χ3v) is 7.25. The summed E-state index contributed by atoms with van der Waals surface area (Å²) in [7, 11) is 0. The predicted molar refractivity (Wildman–Crippen MR) is 130 cm³/mol. The molecule has 5 nitrogen and oxygen atoms in total. The summed E-state index contributed by atoms with van der Waals surface area (Å²) < 4.78 is 19.1. The number of halogens is 2. The number of hydrogen-bond acceptors (Lipinski definition) is 4. The number of hydrogen-bond donors (Lipinski definition) is 1. The normalized spacial score (nSPS) is 22.3. The van der Waals surface area contributed by atoms with Gasteiger partial charge in [0, 0.05) is 30.7 Å². The van der Waals surface area contributed by atoms with Crippen molar-refractivity contribution in [2.24, 2.45) is 0 Å². The molecule has 0 aliphatic carbocycles. The predicted octanol–water partition coefficient (Wildman–Crippen LogP) is 5.52. The molecule has 34 heavy (non-hydrogen) atoms. The van der Waals surface area contributed by atoms with Crippen molar-refractivity contribution in [2.75, 3.05) is 13.2 Å². The molecular weight excluding hydrogens is 453 g/mol. The van der Waals surface area contributed by atoms with Crippen LogP contribution in [0.1, 0.15) is 67.1 Å². The van der Waals surface area contributed by atoms with Crippen molar-refractivity contribution in [1.29, 1.82) is 5.26 Å². The van der Waals surface area contributed by atoms with E-state index in [1.807, 2.05) is 25.1 Å². The van der Waals surface area contributed by atoms with Gasteiger partial charge >= 0.3 is 0 Å². The second-order valence-electron chi connectivity index (χ2n) is 9.29. The van der Waals surface area contributed by atoms with E-state index in [4.69, 9.17) is 16.3 Å². The van der Waals surface area contributed by atoms with Gasteiger partial charge in [0.2, 0.25) is 5.91 Å². The Bertz CT molecular complexity index is 1130. The van der Waals surface area contributed by atoms with Gasteiger partial charge < -0.3 is 10.1 Å². The van der Waals surface area contributed by atoms with Crippen LogP contribution in [0.5, 0.6) is 0 Å². The Balaban J connectivity index is 1.60. The van der Waals surface area contributed by atoms with E-state index in [9.17, 15) is 14.4 Å². The van der Waals surface area contributed by atoms with E-state index < -0.39 is 11.7 Å². The Morgan fingerprint density at radius 3 is 2.71 bits per heavy atom. The summed E-state index contributed by atoms with van der Waals surface area (Å²) >= 11 is 6.89. The van der Waals surface area contributed by atoms with Crippen LogP contribution < -0.4 is 5.32 Å². The van der Waals surface area contributed by atoms with Gasteiger partial charge in [0.1, 0.15) is 12.0 Å². The monoisotopic (exact) mass is 481 g/mol. The molecule has 7 heteroatoms. The maximum Gasteiger partial charge on any atom is 0.231 e. The third kappa shape index (κ3) is 4.68. The standard InChI is InChI=1S/C27H29ClFN3O2/c1-17(29)19-7-8-20(22(13-19)16-30)14-21-5-4-6-24(26(21)28)27(3)15-25(33)32(18(2)31-27)23-9-11-34-12-10-23/h4-8,13,17,23,31H,2,9-12,14-15H2,1,3H3/t17?,27-/m0/s1. The lowest BCUT2D eigenvalue weighted by molar-refractivity contribution is -0.137. The largest absolute Gasteiger partial charge is 0.381 e. The number of carbonyl (C=O) groups excluding carboxylic acids is 1. The molecular formula is C27H29ClFN3O2. The first-order valence-electron chi connectivity index (χ1n) is 11.6. The molecule has 2 aliphatic heterocycles. The summed E-state index contributed by atoms with van der Waals surface area (Å²) in [5.74, 6) is 0.595. The van der Waals surface area contributed by atoms with E-state index in [-0.39, 0.29) is 18.4 Å². The zero-order valence-corrected chi connectivity index (χ0v) is 20.3. The summed E-state index contributed by atoms with van der Waals surface area (Å²) in [5, 5.41) is 13.6. The Hall–Kier alpha value is -2.88. The van der Waals surface area contributed by atoms with Crippen molar-refractivity contribution in [3.8, 4) is 6.07 Å². The van der Waals surface area contributed by atoms with E-state index in [1.54, 1.807) is 23.1 Å². The first-order valence-corrected chi connectivity index (χ1v) is 11.9. The van der Waals surface area contributed by atoms with E-state index >= 15 is 0 Å². The highest BCUT2D eigenvalue weighted by Crippen LogP contribution is 2.39. The van der Waals surface area contributed by atoms with Crippen LogP contribution in [0.3, 0.4) is 0 Å². The number of rotatable bonds is 5. The van der Waals surface area contributed by atoms with Gasteiger partial charge in [-0.1, -0.05) is 48.5 Å². The zero-order valence-electron chi connectivity index (χ0n) is 19.5. The van der Waals surface area contributed by atoms with Crippen molar-refractivity contribution >= 4 is 17.5 Å². The molecule has 178 valence electrons. The molecule has 4 rings (SSSR count). The fraction of sp³-hybridized carbons (Fsp3) is 0.407. The highest BCUT2D eigenvalue weighted by Gasteiger charge is 2.42. The van der Waals surface area contributed by atoms with Crippen LogP contribution in [0.15, 0.2) is 48.8 Å². The quantitative estimate of drug-likeness (QED) is 0.610. The molecule has 2 aromatic carbocycles. The molecule has 2 aliphatic rings. The number of nitrogens with zero attached hydrogens (tertiary/aromatic N) is 2. The molecule has 1 amide bonds. The third-order valence-electron chi connectivity index (χ3n) is 6.81. The minimum absolute atomic E-state index is 0.0160. The van der Waals surface area contributed by atoms with Gasteiger partial charge in [-0.3, -0.25) is 9.69 Å². The van der Waals surface area contributed by atoms with Crippen molar-refractivity contribution < 1.29 is 13.9 Å². The average molecular weight is 482 g/mol. The molecule has 2 atom stereocenters. The molecule has 2 fully saturated rings. The number of nitrogens with one attached hydrogen (secondary N) is 1. The topological polar surface area (TPSA) is 65.4 Å². The lowest BCUT2D eigenvalue weighted by atomic mass is 9.84. The van der Waals surface area contributed by atoms with Crippen molar-refractivity contribution in [3.05, 3.63) is 81.6 Å². The molecule has 1 N–H and O–H groups in total. The lowest BCUT2D eigenvalue weighted by Crippen LogP contribution is -2.57. The smallest absolute Gasteiger partial charge is 0.231 e. The van der Waals surface area contributed by atoms with E-state index in [0.717, 1.165) is 29.5 Å². The van der Waals surface area contributed by atoms with Gasteiger partial charge in [-0.25, -0.2) is 4.39 Å². The average Bonchev–Trinajstić information content (AvgIpc) is 2.80. The highest BCUT2D eigenvalue weighted by atomic mass is 35.5. The lowest BCUT2D eigenvalue weighted by Gasteiger charge is -2.46. The van der Waals surface area contributed by atoms with Crippen molar-refractivity contribution in [2.45, 2.75) is 57.3 Å². The van der Waals surface area contributed by atoms with Crippen molar-refractivity contribution in [1.82, 2.24) is 10.2 Å². The molecule has 0 saturated carbocycles.